The number of aromatic nitrogens is 1. The molecule has 0 N–H and O–H groups in total. The number of amides is 2. The van der Waals surface area contributed by atoms with Crippen molar-refractivity contribution in [2.75, 3.05) is 18.0 Å². The number of rotatable bonds is 7. The smallest absolute Gasteiger partial charge is 0.254 e. The Kier molecular flexibility index (Phi) is 6.47. The van der Waals surface area contributed by atoms with Crippen molar-refractivity contribution in [2.45, 2.75) is 25.8 Å². The highest BCUT2D eigenvalue weighted by Crippen LogP contribution is 2.42. The van der Waals surface area contributed by atoms with Crippen LogP contribution in [0.2, 0.25) is 5.02 Å². The lowest BCUT2D eigenvalue weighted by molar-refractivity contribution is -0.119. The Morgan fingerprint density at radius 2 is 1.74 bits per heavy atom. The summed E-state index contributed by atoms with van der Waals surface area (Å²) in [7, 11) is 0. The van der Waals surface area contributed by atoms with E-state index in [-0.39, 0.29) is 18.4 Å². The van der Waals surface area contributed by atoms with E-state index in [4.69, 9.17) is 16.0 Å². The first-order valence-corrected chi connectivity index (χ1v) is 12.1. The molecule has 0 fully saturated rings. The Balaban J connectivity index is 1.52. The molecular formula is C28H26ClN3O3. The zero-order chi connectivity index (χ0) is 24.4. The molecule has 0 saturated carbocycles. The maximum atomic E-state index is 14.0. The number of furan rings is 1. The van der Waals surface area contributed by atoms with Gasteiger partial charge in [0.05, 0.1) is 23.3 Å². The van der Waals surface area contributed by atoms with Crippen LogP contribution in [0, 0.1) is 0 Å². The van der Waals surface area contributed by atoms with Crippen molar-refractivity contribution in [3.63, 3.8) is 0 Å². The molecule has 0 bridgehead atoms. The van der Waals surface area contributed by atoms with Gasteiger partial charge in [-0.25, -0.2) is 0 Å². The summed E-state index contributed by atoms with van der Waals surface area (Å²) in [5, 5.41) is 0.562. The Hall–Kier alpha value is -3.77. The number of anilines is 1. The molecule has 1 aliphatic heterocycles. The monoisotopic (exact) mass is 487 g/mol. The van der Waals surface area contributed by atoms with E-state index in [1.54, 1.807) is 40.3 Å². The standard InChI is InChI=1S/C28H26ClN3O3/c1-2-3-16-30(28(34)20-12-14-21(29)15-13-20)19-26(33)32-23-9-5-4-8-22(23)31-17-6-10-24(31)27(32)25-11-7-18-35-25/h4-15,17-18,27H,2-3,16,19H2,1H3. The summed E-state index contributed by atoms with van der Waals surface area (Å²) in [4.78, 5) is 30.8. The third-order valence-corrected chi connectivity index (χ3v) is 6.54. The van der Waals surface area contributed by atoms with Crippen molar-refractivity contribution in [1.82, 2.24) is 9.47 Å². The molecule has 0 aliphatic carbocycles. The van der Waals surface area contributed by atoms with Gasteiger partial charge in [-0.1, -0.05) is 37.1 Å². The highest BCUT2D eigenvalue weighted by molar-refractivity contribution is 6.30. The summed E-state index contributed by atoms with van der Waals surface area (Å²) in [6.07, 6.45) is 5.31. The number of nitrogens with zero attached hydrogens (tertiary/aromatic N) is 3. The predicted molar refractivity (Wildman–Crippen MR) is 136 cm³/mol. The van der Waals surface area contributed by atoms with E-state index >= 15 is 0 Å². The molecule has 0 saturated heterocycles. The summed E-state index contributed by atoms with van der Waals surface area (Å²) in [5.41, 5.74) is 3.12. The first kappa shape index (κ1) is 23.0. The predicted octanol–water partition coefficient (Wildman–Crippen LogP) is 6.10. The van der Waals surface area contributed by atoms with Crippen molar-refractivity contribution >= 4 is 29.1 Å². The fourth-order valence-electron chi connectivity index (χ4n) is 4.59. The molecule has 3 heterocycles. The van der Waals surface area contributed by atoms with Crippen LogP contribution in [-0.2, 0) is 4.79 Å². The lowest BCUT2D eigenvalue weighted by Crippen LogP contribution is -2.47. The maximum Gasteiger partial charge on any atom is 0.254 e. The van der Waals surface area contributed by atoms with Gasteiger partial charge in [0.2, 0.25) is 5.91 Å². The molecule has 1 aliphatic rings. The van der Waals surface area contributed by atoms with Crippen LogP contribution in [0.25, 0.3) is 5.69 Å². The molecule has 0 radical (unpaired) electrons. The fraction of sp³-hybridized carbons (Fsp3) is 0.214. The molecule has 1 atom stereocenters. The van der Waals surface area contributed by atoms with Crippen LogP contribution in [0.5, 0.6) is 0 Å². The molecule has 178 valence electrons. The van der Waals surface area contributed by atoms with Gasteiger partial charge in [0.25, 0.3) is 5.91 Å². The Morgan fingerprint density at radius 1 is 0.971 bits per heavy atom. The second kappa shape index (κ2) is 9.84. The van der Waals surface area contributed by atoms with Crippen molar-refractivity contribution in [3.8, 4) is 5.69 Å². The molecule has 1 unspecified atom stereocenters. The molecule has 2 aromatic heterocycles. The topological polar surface area (TPSA) is 58.7 Å². The van der Waals surface area contributed by atoms with E-state index < -0.39 is 6.04 Å². The Bertz CT molecular complexity index is 1330. The number of hydrogen-bond donors (Lipinski definition) is 0. The number of carbonyl (C=O) groups is 2. The van der Waals surface area contributed by atoms with Gasteiger partial charge in [0.1, 0.15) is 18.3 Å². The Labute approximate surface area is 209 Å². The second-order valence-electron chi connectivity index (χ2n) is 8.56. The van der Waals surface area contributed by atoms with Crippen LogP contribution >= 0.6 is 11.6 Å². The summed E-state index contributed by atoms with van der Waals surface area (Å²) in [6.45, 7) is 2.50. The average Bonchev–Trinajstić information content (AvgIpc) is 3.58. The molecule has 2 aromatic carbocycles. The number of halogens is 1. The lowest BCUT2D eigenvalue weighted by atomic mass is 10.0. The summed E-state index contributed by atoms with van der Waals surface area (Å²) in [6, 6.07) is 21.8. The molecule has 7 heteroatoms. The van der Waals surface area contributed by atoms with Gasteiger partial charge in [-0.05, 0) is 67.1 Å². The maximum absolute atomic E-state index is 14.0. The first-order chi connectivity index (χ1) is 17.1. The minimum absolute atomic E-state index is 0.0479. The second-order valence-corrected chi connectivity index (χ2v) is 9.00. The van der Waals surface area contributed by atoms with E-state index in [0.29, 0.717) is 22.9 Å². The van der Waals surface area contributed by atoms with E-state index in [1.165, 1.54) is 0 Å². The number of unbranched alkanes of at least 4 members (excludes halogenated alkanes) is 1. The van der Waals surface area contributed by atoms with E-state index in [9.17, 15) is 9.59 Å². The highest BCUT2D eigenvalue weighted by Gasteiger charge is 2.38. The third kappa shape index (κ3) is 4.37. The van der Waals surface area contributed by atoms with Crippen molar-refractivity contribution in [3.05, 3.63) is 107 Å². The van der Waals surface area contributed by atoms with Crippen molar-refractivity contribution in [2.24, 2.45) is 0 Å². The van der Waals surface area contributed by atoms with Crippen molar-refractivity contribution < 1.29 is 14.0 Å². The third-order valence-electron chi connectivity index (χ3n) is 6.29. The molecule has 35 heavy (non-hydrogen) atoms. The molecule has 0 spiro atoms. The average molecular weight is 488 g/mol. The number of carbonyl (C=O) groups excluding carboxylic acids is 2. The number of hydrogen-bond acceptors (Lipinski definition) is 3. The first-order valence-electron chi connectivity index (χ1n) is 11.8. The van der Waals surface area contributed by atoms with Crippen LogP contribution in [0.15, 0.2) is 89.7 Å². The van der Waals surface area contributed by atoms with Crippen LogP contribution < -0.4 is 4.90 Å². The van der Waals surface area contributed by atoms with Crippen LogP contribution in [0.4, 0.5) is 5.69 Å². The van der Waals surface area contributed by atoms with Gasteiger partial charge in [-0.3, -0.25) is 14.5 Å². The van der Waals surface area contributed by atoms with Gasteiger partial charge >= 0.3 is 0 Å². The summed E-state index contributed by atoms with van der Waals surface area (Å²) < 4.78 is 7.88. The quantitative estimate of drug-likeness (QED) is 0.316. The summed E-state index contributed by atoms with van der Waals surface area (Å²) in [5.74, 6) is 0.299. The van der Waals surface area contributed by atoms with Crippen molar-refractivity contribution in [1.29, 1.82) is 0 Å². The molecular weight excluding hydrogens is 462 g/mol. The lowest BCUT2D eigenvalue weighted by Gasteiger charge is -2.38. The minimum atomic E-state index is -0.443. The summed E-state index contributed by atoms with van der Waals surface area (Å²) >= 11 is 6.01. The van der Waals surface area contributed by atoms with Gasteiger partial charge in [0, 0.05) is 23.3 Å². The highest BCUT2D eigenvalue weighted by atomic mass is 35.5. The molecule has 4 aromatic rings. The number of fused-ring (bicyclic) bond motifs is 3. The zero-order valence-electron chi connectivity index (χ0n) is 19.4. The van der Waals surface area contributed by atoms with E-state index in [1.807, 2.05) is 54.7 Å². The Morgan fingerprint density at radius 3 is 2.46 bits per heavy atom. The number of para-hydroxylation sites is 2. The SMILES string of the molecule is CCCCN(CC(=O)N1c2ccccc2-n2cccc2C1c1ccco1)C(=O)c1ccc(Cl)cc1. The molecule has 2 amide bonds. The van der Waals surface area contributed by atoms with Gasteiger partial charge in [-0.2, -0.15) is 0 Å². The minimum Gasteiger partial charge on any atom is -0.467 e. The van der Waals surface area contributed by atoms with E-state index in [0.717, 1.165) is 29.9 Å². The fourth-order valence-corrected chi connectivity index (χ4v) is 4.72. The van der Waals surface area contributed by atoms with E-state index in [2.05, 4.69) is 11.5 Å². The van der Waals surface area contributed by atoms with Crippen LogP contribution in [-0.4, -0.2) is 34.4 Å². The zero-order valence-corrected chi connectivity index (χ0v) is 20.2. The molecule has 5 rings (SSSR count). The van der Waals surface area contributed by atoms with Crippen LogP contribution in [0.3, 0.4) is 0 Å². The molecule has 6 nitrogen and oxygen atoms in total. The van der Waals surface area contributed by atoms with Gasteiger partial charge in [0.15, 0.2) is 0 Å². The number of benzene rings is 2. The largest absolute Gasteiger partial charge is 0.467 e. The van der Waals surface area contributed by atoms with Gasteiger partial charge < -0.3 is 13.9 Å². The normalized spacial score (nSPS) is 14.3. The van der Waals surface area contributed by atoms with Gasteiger partial charge in [-0.15, -0.1) is 0 Å². The van der Waals surface area contributed by atoms with Crippen LogP contribution in [0.1, 0.15) is 47.6 Å².